The monoisotopic (exact) mass is 438 g/mol. The van der Waals surface area contributed by atoms with E-state index < -0.39 is 29.1 Å². The number of pyridine rings is 1. The average Bonchev–Trinajstić information content (AvgIpc) is 3.33. The molecule has 1 aliphatic rings. The molecule has 0 aliphatic carbocycles. The zero-order valence-corrected chi connectivity index (χ0v) is 17.1. The Bertz CT molecular complexity index is 1060. The second-order valence-corrected chi connectivity index (χ2v) is 8.49. The molecular formula is C20H21F3N4O2S. The summed E-state index contributed by atoms with van der Waals surface area (Å²) in [7, 11) is 0. The summed E-state index contributed by atoms with van der Waals surface area (Å²) in [6.45, 7) is 2.21. The summed E-state index contributed by atoms with van der Waals surface area (Å²) >= 11 is 0.711. The van der Waals surface area contributed by atoms with Gasteiger partial charge in [0.05, 0.1) is 6.42 Å². The topological polar surface area (TPSA) is 82.1 Å². The maximum atomic E-state index is 13.7. The van der Waals surface area contributed by atoms with Crippen LogP contribution in [0.4, 0.5) is 13.2 Å². The lowest BCUT2D eigenvalue weighted by molar-refractivity contribution is -0.268. The highest BCUT2D eigenvalue weighted by Crippen LogP contribution is 2.43. The molecule has 0 bridgehead atoms. The number of alkyl halides is 3. The van der Waals surface area contributed by atoms with Crippen molar-refractivity contribution in [3.8, 4) is 0 Å². The van der Waals surface area contributed by atoms with Gasteiger partial charge in [0.2, 0.25) is 11.5 Å². The van der Waals surface area contributed by atoms with Gasteiger partial charge in [-0.2, -0.15) is 13.2 Å². The minimum atomic E-state index is -5.00. The molecule has 6 nitrogen and oxygen atoms in total. The van der Waals surface area contributed by atoms with E-state index in [-0.39, 0.29) is 5.92 Å². The fraction of sp³-hybridized carbons (Fsp3) is 0.450. The average molecular weight is 438 g/mol. The van der Waals surface area contributed by atoms with E-state index in [1.807, 2.05) is 18.3 Å². The number of hydrogen-bond donors (Lipinski definition) is 2. The van der Waals surface area contributed by atoms with Gasteiger partial charge in [-0.25, -0.2) is 9.97 Å². The molecular weight excluding hydrogens is 417 g/mol. The van der Waals surface area contributed by atoms with Gasteiger partial charge in [-0.1, -0.05) is 0 Å². The first-order chi connectivity index (χ1) is 14.2. The van der Waals surface area contributed by atoms with Crippen LogP contribution >= 0.6 is 11.3 Å². The molecule has 1 aliphatic heterocycles. The third kappa shape index (κ3) is 3.69. The maximum Gasteiger partial charge on any atom is 0.424 e. The van der Waals surface area contributed by atoms with Crippen molar-refractivity contribution in [3.63, 3.8) is 0 Å². The fourth-order valence-corrected chi connectivity index (χ4v) is 4.84. The van der Waals surface area contributed by atoms with E-state index >= 15 is 0 Å². The molecule has 3 aromatic heterocycles. The van der Waals surface area contributed by atoms with Crippen molar-refractivity contribution in [2.45, 2.75) is 43.9 Å². The van der Waals surface area contributed by atoms with E-state index in [2.05, 4.69) is 15.0 Å². The van der Waals surface area contributed by atoms with Crippen LogP contribution in [0.3, 0.4) is 0 Å². The lowest BCUT2D eigenvalue weighted by Gasteiger charge is -2.35. The zero-order chi connectivity index (χ0) is 21.5. The Kier molecular flexibility index (Phi) is 5.31. The van der Waals surface area contributed by atoms with Gasteiger partial charge in [0, 0.05) is 41.9 Å². The summed E-state index contributed by atoms with van der Waals surface area (Å²) in [5.41, 5.74) is -1.00. The number of aryl methyl sites for hydroxylation is 1. The molecule has 2 N–H and O–H groups in total. The van der Waals surface area contributed by atoms with E-state index in [0.717, 1.165) is 16.6 Å². The smallest absolute Gasteiger partial charge is 0.374 e. The number of piperidine rings is 1. The third-order valence-corrected chi connectivity index (χ3v) is 6.73. The summed E-state index contributed by atoms with van der Waals surface area (Å²) in [5.74, 6) is -0.531. The van der Waals surface area contributed by atoms with Gasteiger partial charge in [0.15, 0.2) is 0 Å². The minimum absolute atomic E-state index is 0.190. The molecule has 1 amide bonds. The van der Waals surface area contributed by atoms with Gasteiger partial charge in [0.1, 0.15) is 10.7 Å². The van der Waals surface area contributed by atoms with Gasteiger partial charge >= 0.3 is 6.18 Å². The first kappa shape index (κ1) is 20.8. The highest BCUT2D eigenvalue weighted by molar-refractivity contribution is 7.09. The number of aliphatic hydroxyl groups is 1. The summed E-state index contributed by atoms with van der Waals surface area (Å²) in [5, 5.41) is 12.4. The first-order valence-corrected chi connectivity index (χ1v) is 10.5. The third-order valence-electron chi connectivity index (χ3n) is 5.62. The lowest BCUT2D eigenvalue weighted by atomic mass is 9.89. The number of amides is 1. The second kappa shape index (κ2) is 7.66. The second-order valence-electron chi connectivity index (χ2n) is 7.63. The molecule has 1 saturated heterocycles. The van der Waals surface area contributed by atoms with E-state index in [9.17, 15) is 23.1 Å². The molecule has 4 heterocycles. The Morgan fingerprint density at radius 1 is 1.37 bits per heavy atom. The largest absolute Gasteiger partial charge is 0.424 e. The van der Waals surface area contributed by atoms with E-state index in [1.54, 1.807) is 13.1 Å². The molecule has 30 heavy (non-hydrogen) atoms. The van der Waals surface area contributed by atoms with Crippen molar-refractivity contribution in [2.24, 2.45) is 0 Å². The molecule has 0 saturated carbocycles. The Morgan fingerprint density at radius 3 is 2.73 bits per heavy atom. The summed E-state index contributed by atoms with van der Waals surface area (Å²) in [6, 6.07) is 3.84. The Morgan fingerprint density at radius 2 is 2.10 bits per heavy atom. The van der Waals surface area contributed by atoms with Crippen LogP contribution in [0.1, 0.15) is 41.4 Å². The van der Waals surface area contributed by atoms with Crippen molar-refractivity contribution >= 4 is 28.3 Å². The fourth-order valence-electron chi connectivity index (χ4n) is 3.93. The molecule has 160 valence electrons. The Hall–Kier alpha value is -2.46. The molecule has 4 rings (SSSR count). The van der Waals surface area contributed by atoms with Crippen LogP contribution in [0.2, 0.25) is 0 Å². The zero-order valence-electron chi connectivity index (χ0n) is 16.2. The van der Waals surface area contributed by atoms with Crippen LogP contribution in [0.15, 0.2) is 29.9 Å². The van der Waals surface area contributed by atoms with Crippen molar-refractivity contribution in [2.75, 3.05) is 13.1 Å². The highest BCUT2D eigenvalue weighted by atomic mass is 32.1. The minimum Gasteiger partial charge on any atom is -0.374 e. The molecule has 0 aromatic carbocycles. The lowest BCUT2D eigenvalue weighted by Crippen LogP contribution is -2.48. The van der Waals surface area contributed by atoms with Gasteiger partial charge < -0.3 is 15.0 Å². The number of nitrogens with one attached hydrogen (secondary N) is 1. The van der Waals surface area contributed by atoms with Crippen LogP contribution in [0, 0.1) is 6.92 Å². The maximum absolute atomic E-state index is 13.7. The molecule has 3 aromatic rings. The summed E-state index contributed by atoms with van der Waals surface area (Å²) in [6.07, 6.45) is -1.18. The highest BCUT2D eigenvalue weighted by Gasteiger charge is 2.58. The number of hydrogen-bond acceptors (Lipinski definition) is 5. The van der Waals surface area contributed by atoms with Crippen LogP contribution < -0.4 is 0 Å². The van der Waals surface area contributed by atoms with E-state index in [1.165, 1.54) is 10.3 Å². The van der Waals surface area contributed by atoms with E-state index in [4.69, 9.17) is 0 Å². The van der Waals surface area contributed by atoms with Gasteiger partial charge in [-0.15, -0.1) is 11.3 Å². The van der Waals surface area contributed by atoms with Crippen molar-refractivity contribution in [1.29, 1.82) is 0 Å². The number of fused-ring (bicyclic) bond motifs is 1. The number of aromatic amines is 1. The normalized spacial score (nSPS) is 18.0. The standard InChI is InChI=1S/C20H21F3N4O2S/c1-12-11-30-18(26-12)19(29,20(21,22)23)9-16(28)27-7-4-13(5-8-27)15-10-25-17-14(15)3-2-6-24-17/h2-3,6,10-11,13,29H,4-5,7-9H2,1H3,(H,24,25). The molecule has 0 spiro atoms. The van der Waals surface area contributed by atoms with Gasteiger partial charge in [-0.05, 0) is 43.4 Å². The number of aromatic nitrogens is 3. The quantitative estimate of drug-likeness (QED) is 0.648. The molecule has 1 unspecified atom stereocenters. The summed E-state index contributed by atoms with van der Waals surface area (Å²) < 4.78 is 41.0. The number of carbonyl (C=O) groups is 1. The Balaban J connectivity index is 1.46. The predicted octanol–water partition coefficient (Wildman–Crippen LogP) is 3.87. The Labute approximate surface area is 174 Å². The predicted molar refractivity (Wildman–Crippen MR) is 106 cm³/mol. The van der Waals surface area contributed by atoms with Crippen LogP contribution in [-0.4, -0.2) is 50.1 Å². The molecule has 1 fully saturated rings. The van der Waals surface area contributed by atoms with Crippen molar-refractivity contribution < 1.29 is 23.1 Å². The van der Waals surface area contributed by atoms with Crippen LogP contribution in [0.5, 0.6) is 0 Å². The number of thiazole rings is 1. The van der Waals surface area contributed by atoms with Gasteiger partial charge in [0.25, 0.3) is 0 Å². The first-order valence-electron chi connectivity index (χ1n) is 9.60. The summed E-state index contributed by atoms with van der Waals surface area (Å²) in [4.78, 5) is 25.3. The number of halogens is 3. The van der Waals surface area contributed by atoms with E-state index in [0.29, 0.717) is 43.0 Å². The number of nitrogens with zero attached hydrogens (tertiary/aromatic N) is 3. The van der Waals surface area contributed by atoms with Gasteiger partial charge in [-0.3, -0.25) is 4.79 Å². The van der Waals surface area contributed by atoms with Crippen LogP contribution in [-0.2, 0) is 10.4 Å². The van der Waals surface area contributed by atoms with Crippen molar-refractivity contribution in [3.05, 3.63) is 46.2 Å². The molecule has 0 radical (unpaired) electrons. The number of carbonyl (C=O) groups excluding carboxylic acids is 1. The molecule has 10 heteroatoms. The number of rotatable bonds is 4. The van der Waals surface area contributed by atoms with Crippen LogP contribution in [0.25, 0.3) is 11.0 Å². The SMILES string of the molecule is Cc1csc(C(O)(CC(=O)N2CCC(c3c[nH]c4ncccc34)CC2)C(F)(F)F)n1. The molecule has 1 atom stereocenters. The number of likely N-dealkylation sites (tertiary alicyclic amines) is 1. The number of H-pyrrole nitrogens is 1. The van der Waals surface area contributed by atoms with Crippen molar-refractivity contribution in [1.82, 2.24) is 19.9 Å².